The highest BCUT2D eigenvalue weighted by Crippen LogP contribution is 2.30. The predicted octanol–water partition coefficient (Wildman–Crippen LogP) is 4.45. The summed E-state index contributed by atoms with van der Waals surface area (Å²) in [6, 6.07) is 6.36. The molecule has 1 aliphatic rings. The van der Waals surface area contributed by atoms with Gasteiger partial charge in [-0.1, -0.05) is 18.6 Å². The van der Waals surface area contributed by atoms with E-state index in [1.165, 1.54) is 23.3 Å². The van der Waals surface area contributed by atoms with E-state index in [2.05, 4.69) is 17.8 Å². The van der Waals surface area contributed by atoms with Gasteiger partial charge in [-0.15, -0.1) is 6.58 Å². The molecule has 0 radical (unpaired) electrons. The minimum atomic E-state index is -0.793. The first-order chi connectivity index (χ1) is 11.5. The number of aromatic nitrogens is 2. The molecule has 126 valence electrons. The van der Waals surface area contributed by atoms with Crippen molar-refractivity contribution in [3.63, 3.8) is 0 Å². The number of hydrogen-bond acceptors (Lipinski definition) is 2. The molecule has 1 aromatic heterocycles. The first kappa shape index (κ1) is 16.7. The van der Waals surface area contributed by atoms with Gasteiger partial charge in [0.25, 0.3) is 0 Å². The minimum Gasteiger partial charge on any atom is -0.386 e. The first-order valence-corrected chi connectivity index (χ1v) is 8.43. The molecular formula is C20H23FN2O. The Bertz CT molecular complexity index is 760. The zero-order chi connectivity index (χ0) is 17.2. The zero-order valence-corrected chi connectivity index (χ0v) is 14.0. The van der Waals surface area contributed by atoms with Crippen molar-refractivity contribution in [1.82, 2.24) is 9.78 Å². The van der Waals surface area contributed by atoms with Crippen molar-refractivity contribution in [3.8, 4) is 5.69 Å². The highest BCUT2D eigenvalue weighted by atomic mass is 19.1. The van der Waals surface area contributed by atoms with Gasteiger partial charge < -0.3 is 5.11 Å². The number of aliphatic hydroxyl groups is 1. The van der Waals surface area contributed by atoms with Crippen LogP contribution >= 0.6 is 0 Å². The molecule has 0 bridgehead atoms. The van der Waals surface area contributed by atoms with Crippen molar-refractivity contribution in [2.45, 2.75) is 44.6 Å². The molecule has 0 amide bonds. The van der Waals surface area contributed by atoms with Gasteiger partial charge in [0.2, 0.25) is 0 Å². The summed E-state index contributed by atoms with van der Waals surface area (Å²) in [6.45, 7) is 5.71. The molecule has 0 saturated carbocycles. The van der Waals surface area contributed by atoms with E-state index >= 15 is 0 Å². The number of benzene rings is 1. The average Bonchev–Trinajstić information content (AvgIpc) is 3.03. The summed E-state index contributed by atoms with van der Waals surface area (Å²) in [4.78, 5) is 0. The molecule has 1 aliphatic carbocycles. The zero-order valence-electron chi connectivity index (χ0n) is 14.0. The summed E-state index contributed by atoms with van der Waals surface area (Å²) in [5.74, 6) is -0.251. The van der Waals surface area contributed by atoms with Crippen LogP contribution < -0.4 is 0 Å². The number of nitrogens with zero attached hydrogens (tertiary/aromatic N) is 2. The van der Waals surface area contributed by atoms with Gasteiger partial charge in [-0.3, -0.25) is 0 Å². The monoisotopic (exact) mass is 326 g/mol. The molecule has 1 aromatic carbocycles. The third-order valence-electron chi connectivity index (χ3n) is 4.88. The van der Waals surface area contributed by atoms with E-state index in [4.69, 9.17) is 0 Å². The molecule has 0 aliphatic heterocycles. The lowest BCUT2D eigenvalue weighted by Gasteiger charge is -2.24. The van der Waals surface area contributed by atoms with Gasteiger partial charge >= 0.3 is 0 Å². The van der Waals surface area contributed by atoms with Gasteiger partial charge in [-0.05, 0) is 68.0 Å². The normalized spacial score (nSPS) is 16.2. The maximum absolute atomic E-state index is 13.1. The Hall–Kier alpha value is -2.20. The number of aryl methyl sites for hydroxylation is 1. The lowest BCUT2D eigenvalue weighted by atomic mass is 9.88. The van der Waals surface area contributed by atoms with Crippen LogP contribution in [0.15, 0.2) is 48.7 Å². The van der Waals surface area contributed by atoms with Crippen LogP contribution in [0, 0.1) is 5.82 Å². The van der Waals surface area contributed by atoms with Crippen LogP contribution in [0.3, 0.4) is 0 Å². The van der Waals surface area contributed by atoms with Crippen molar-refractivity contribution in [3.05, 3.63) is 65.8 Å². The largest absolute Gasteiger partial charge is 0.386 e. The first-order valence-electron chi connectivity index (χ1n) is 8.43. The maximum atomic E-state index is 13.1. The number of halogens is 1. The summed E-state index contributed by atoms with van der Waals surface area (Å²) < 4.78 is 15.0. The summed E-state index contributed by atoms with van der Waals surface area (Å²) in [6.07, 6.45) is 9.81. The Morgan fingerprint density at radius 1 is 1.33 bits per heavy atom. The van der Waals surface area contributed by atoms with Crippen LogP contribution in [0.5, 0.6) is 0 Å². The Kier molecular flexibility index (Phi) is 4.67. The van der Waals surface area contributed by atoms with Gasteiger partial charge in [-0.2, -0.15) is 5.10 Å². The number of fused-ring (bicyclic) bond motifs is 1. The molecule has 24 heavy (non-hydrogen) atoms. The standard InChI is InChI=1S/C20H23FN2O/c1-3-20(24,4-2)12-11-15-5-6-16-14-22-23(19(16)13-15)18-9-7-17(21)8-10-18/h3,7-10,13-14,24H,1,4-6,11-12H2,2H3/t20-/m1/s1. The molecule has 1 heterocycles. The summed E-state index contributed by atoms with van der Waals surface area (Å²) in [5, 5.41) is 14.8. The van der Waals surface area contributed by atoms with Gasteiger partial charge in [0.15, 0.2) is 0 Å². The van der Waals surface area contributed by atoms with Crippen molar-refractivity contribution < 1.29 is 9.50 Å². The Morgan fingerprint density at radius 3 is 2.75 bits per heavy atom. The van der Waals surface area contributed by atoms with E-state index in [1.807, 2.05) is 17.8 Å². The summed E-state index contributed by atoms with van der Waals surface area (Å²) in [7, 11) is 0. The molecule has 0 saturated heterocycles. The fourth-order valence-corrected chi connectivity index (χ4v) is 3.08. The van der Waals surface area contributed by atoms with Crippen molar-refractivity contribution >= 4 is 6.08 Å². The quantitative estimate of drug-likeness (QED) is 0.797. The summed E-state index contributed by atoms with van der Waals surface area (Å²) in [5.41, 5.74) is 3.63. The van der Waals surface area contributed by atoms with Crippen LogP contribution in [0.4, 0.5) is 4.39 Å². The number of allylic oxidation sites excluding steroid dienone is 1. The Balaban J connectivity index is 1.84. The van der Waals surface area contributed by atoms with Gasteiger partial charge in [-0.25, -0.2) is 9.07 Å². The van der Waals surface area contributed by atoms with Crippen LogP contribution in [0.25, 0.3) is 11.8 Å². The third-order valence-corrected chi connectivity index (χ3v) is 4.88. The third kappa shape index (κ3) is 3.34. The van der Waals surface area contributed by atoms with Gasteiger partial charge in [0, 0.05) is 0 Å². The molecule has 3 rings (SSSR count). The molecule has 3 nitrogen and oxygen atoms in total. The lowest BCUT2D eigenvalue weighted by molar-refractivity contribution is 0.0779. The van der Waals surface area contributed by atoms with E-state index < -0.39 is 5.60 Å². The second kappa shape index (κ2) is 6.73. The molecular weight excluding hydrogens is 303 g/mol. The number of hydrogen-bond donors (Lipinski definition) is 1. The molecule has 1 N–H and O–H groups in total. The number of rotatable bonds is 6. The highest BCUT2D eigenvalue weighted by molar-refractivity contribution is 5.58. The Morgan fingerprint density at radius 2 is 2.08 bits per heavy atom. The second-order valence-electron chi connectivity index (χ2n) is 6.41. The predicted molar refractivity (Wildman–Crippen MR) is 94.5 cm³/mol. The maximum Gasteiger partial charge on any atom is 0.123 e. The molecule has 2 aromatic rings. The molecule has 1 atom stereocenters. The summed E-state index contributed by atoms with van der Waals surface area (Å²) >= 11 is 0. The minimum absolute atomic E-state index is 0.251. The smallest absolute Gasteiger partial charge is 0.123 e. The highest BCUT2D eigenvalue weighted by Gasteiger charge is 2.22. The van der Waals surface area contributed by atoms with E-state index in [9.17, 15) is 9.50 Å². The SMILES string of the molecule is C=C[C@@](O)(CC)CCC1=Cc2c(cnn2-c2ccc(F)cc2)CC1. The van der Waals surface area contributed by atoms with E-state index in [0.717, 1.165) is 30.6 Å². The second-order valence-corrected chi connectivity index (χ2v) is 6.41. The average molecular weight is 326 g/mol. The van der Waals surface area contributed by atoms with E-state index in [-0.39, 0.29) is 5.82 Å². The van der Waals surface area contributed by atoms with E-state index in [0.29, 0.717) is 12.8 Å². The van der Waals surface area contributed by atoms with E-state index in [1.54, 1.807) is 18.2 Å². The van der Waals surface area contributed by atoms with Crippen LogP contribution in [-0.4, -0.2) is 20.5 Å². The molecule has 4 heteroatoms. The molecule has 0 spiro atoms. The van der Waals surface area contributed by atoms with Crippen molar-refractivity contribution in [2.24, 2.45) is 0 Å². The van der Waals surface area contributed by atoms with Gasteiger partial charge in [0.1, 0.15) is 5.82 Å². The van der Waals surface area contributed by atoms with Crippen LogP contribution in [-0.2, 0) is 6.42 Å². The molecule has 0 unspecified atom stereocenters. The van der Waals surface area contributed by atoms with Gasteiger partial charge in [0.05, 0.1) is 23.2 Å². The fourth-order valence-electron chi connectivity index (χ4n) is 3.08. The van der Waals surface area contributed by atoms with Crippen LogP contribution in [0.1, 0.15) is 43.9 Å². The van der Waals surface area contributed by atoms with Crippen LogP contribution in [0.2, 0.25) is 0 Å². The molecule has 0 fully saturated rings. The lowest BCUT2D eigenvalue weighted by Crippen LogP contribution is -2.24. The van der Waals surface area contributed by atoms with Crippen molar-refractivity contribution in [1.29, 1.82) is 0 Å². The fraction of sp³-hybridized carbons (Fsp3) is 0.350. The Labute approximate surface area is 142 Å². The topological polar surface area (TPSA) is 38.1 Å². The van der Waals surface area contributed by atoms with Crippen molar-refractivity contribution in [2.75, 3.05) is 0 Å².